The van der Waals surface area contributed by atoms with Crippen molar-refractivity contribution >= 4 is 17.7 Å². The Hall–Kier alpha value is -1.78. The van der Waals surface area contributed by atoms with Crippen molar-refractivity contribution in [1.29, 1.82) is 0 Å². The molecule has 0 aromatic heterocycles. The predicted octanol–water partition coefficient (Wildman–Crippen LogP) is 2.86. The molecule has 2 aromatic carbocycles. The molecule has 2 aromatic rings. The predicted molar refractivity (Wildman–Crippen MR) is 106 cm³/mol. The number of rotatable bonds is 8. The first kappa shape index (κ1) is 19.5. The number of nitrogens with one attached hydrogen (secondary N) is 2. The smallest absolute Gasteiger partial charge is 0.275 e. The van der Waals surface area contributed by atoms with E-state index in [1.165, 1.54) is 20.9 Å². The first-order valence-electron chi connectivity index (χ1n) is 8.84. The Morgan fingerprint density at radius 1 is 1.08 bits per heavy atom. The zero-order valence-electron chi connectivity index (χ0n) is 15.6. The summed E-state index contributed by atoms with van der Waals surface area (Å²) in [6.45, 7) is 5.51. The van der Waals surface area contributed by atoms with E-state index in [4.69, 9.17) is 0 Å². The topological polar surface area (TPSA) is 33.5 Å². The molecule has 0 spiro atoms. The number of carbonyl (C=O) groups excluding carboxylic acids is 1. The Labute approximate surface area is 155 Å². The van der Waals surface area contributed by atoms with E-state index in [-0.39, 0.29) is 11.9 Å². The molecule has 0 fully saturated rings. The van der Waals surface area contributed by atoms with Crippen molar-refractivity contribution in [2.24, 2.45) is 0 Å². The summed E-state index contributed by atoms with van der Waals surface area (Å²) in [5, 5.41) is 3.11. The molecule has 25 heavy (non-hydrogen) atoms. The molecule has 1 unspecified atom stereocenters. The highest BCUT2D eigenvalue weighted by molar-refractivity contribution is 7.98. The second-order valence-electron chi connectivity index (χ2n) is 6.54. The van der Waals surface area contributed by atoms with Crippen molar-refractivity contribution in [3.05, 3.63) is 65.2 Å². The summed E-state index contributed by atoms with van der Waals surface area (Å²) < 4.78 is 0. The summed E-state index contributed by atoms with van der Waals surface area (Å²) in [5.74, 6) is 0.0882. The van der Waals surface area contributed by atoms with Gasteiger partial charge in [0.1, 0.15) is 6.54 Å². The summed E-state index contributed by atoms with van der Waals surface area (Å²) >= 11 is 1.74. The van der Waals surface area contributed by atoms with Gasteiger partial charge < -0.3 is 10.2 Å². The molecule has 0 bridgehead atoms. The van der Waals surface area contributed by atoms with Crippen molar-refractivity contribution in [3.63, 3.8) is 0 Å². The van der Waals surface area contributed by atoms with Gasteiger partial charge in [-0.3, -0.25) is 4.79 Å². The van der Waals surface area contributed by atoms with Crippen LogP contribution < -0.4 is 10.2 Å². The van der Waals surface area contributed by atoms with Crippen LogP contribution in [0.1, 0.15) is 36.6 Å². The van der Waals surface area contributed by atoms with E-state index < -0.39 is 0 Å². The Bertz CT molecular complexity index is 667. The number of hydrogen-bond donors (Lipinski definition) is 2. The second kappa shape index (κ2) is 9.64. The first-order valence-corrected chi connectivity index (χ1v) is 10.1. The van der Waals surface area contributed by atoms with E-state index in [2.05, 4.69) is 74.1 Å². The Kier molecular flexibility index (Phi) is 7.53. The standard InChI is InChI=1S/C21H28N2OS/c1-5-17-6-10-19(11-7-17)16(2)22-21(24)15-23(3)14-18-8-12-20(25-4)13-9-18/h6-13,16H,5,14-15H2,1-4H3,(H,22,24)/p+1/t16-/m1/s1. The summed E-state index contributed by atoms with van der Waals surface area (Å²) in [4.78, 5) is 14.8. The van der Waals surface area contributed by atoms with Crippen LogP contribution in [0.15, 0.2) is 53.4 Å². The lowest BCUT2D eigenvalue weighted by atomic mass is 10.1. The van der Waals surface area contributed by atoms with Gasteiger partial charge in [0.25, 0.3) is 5.91 Å². The minimum atomic E-state index is 0.0343. The third-order valence-electron chi connectivity index (χ3n) is 4.39. The number of thioether (sulfide) groups is 1. The minimum absolute atomic E-state index is 0.0343. The van der Waals surface area contributed by atoms with Gasteiger partial charge in [-0.25, -0.2) is 0 Å². The molecule has 0 aliphatic carbocycles. The van der Waals surface area contributed by atoms with E-state index in [9.17, 15) is 4.79 Å². The van der Waals surface area contributed by atoms with Gasteiger partial charge >= 0.3 is 0 Å². The summed E-state index contributed by atoms with van der Waals surface area (Å²) in [7, 11) is 2.06. The average molecular weight is 358 g/mol. The van der Waals surface area contributed by atoms with Gasteiger partial charge in [0, 0.05) is 10.5 Å². The number of aryl methyl sites for hydroxylation is 1. The van der Waals surface area contributed by atoms with E-state index in [1.807, 2.05) is 6.92 Å². The zero-order valence-corrected chi connectivity index (χ0v) is 16.5. The molecule has 0 saturated carbocycles. The van der Waals surface area contributed by atoms with Crippen molar-refractivity contribution in [2.75, 3.05) is 19.8 Å². The molecule has 4 heteroatoms. The van der Waals surface area contributed by atoms with E-state index in [0.29, 0.717) is 6.54 Å². The van der Waals surface area contributed by atoms with E-state index in [1.54, 1.807) is 11.8 Å². The van der Waals surface area contributed by atoms with Crippen molar-refractivity contribution in [2.45, 2.75) is 37.8 Å². The number of benzene rings is 2. The fourth-order valence-electron chi connectivity index (χ4n) is 2.85. The van der Waals surface area contributed by atoms with Crippen molar-refractivity contribution in [1.82, 2.24) is 5.32 Å². The van der Waals surface area contributed by atoms with Crippen LogP contribution in [0.25, 0.3) is 0 Å². The molecule has 0 aliphatic rings. The number of carbonyl (C=O) groups is 1. The molecule has 1 amide bonds. The number of quaternary nitrogens is 1. The molecule has 0 radical (unpaired) electrons. The van der Waals surface area contributed by atoms with E-state index in [0.717, 1.165) is 18.5 Å². The molecule has 0 heterocycles. The largest absolute Gasteiger partial charge is 0.345 e. The van der Waals surface area contributed by atoms with Crippen LogP contribution >= 0.6 is 11.8 Å². The highest BCUT2D eigenvalue weighted by Gasteiger charge is 2.14. The molecule has 0 saturated heterocycles. The van der Waals surface area contributed by atoms with Gasteiger partial charge in [-0.1, -0.05) is 43.3 Å². The van der Waals surface area contributed by atoms with Crippen LogP contribution in [-0.2, 0) is 17.8 Å². The van der Waals surface area contributed by atoms with Crippen LogP contribution in [0.3, 0.4) is 0 Å². The van der Waals surface area contributed by atoms with Gasteiger partial charge in [-0.2, -0.15) is 0 Å². The highest BCUT2D eigenvalue weighted by Crippen LogP contribution is 2.14. The molecule has 134 valence electrons. The maximum Gasteiger partial charge on any atom is 0.275 e. The monoisotopic (exact) mass is 357 g/mol. The maximum atomic E-state index is 12.3. The lowest BCUT2D eigenvalue weighted by Crippen LogP contribution is -3.08. The number of likely N-dealkylation sites (N-methyl/N-ethyl adjacent to an activating group) is 1. The second-order valence-corrected chi connectivity index (χ2v) is 7.42. The SMILES string of the molecule is CCc1ccc([C@@H](C)NC(=O)C[NH+](C)Cc2ccc(SC)cc2)cc1. The molecule has 3 nitrogen and oxygen atoms in total. The maximum absolute atomic E-state index is 12.3. The van der Waals surface area contributed by atoms with Gasteiger partial charge in [0.15, 0.2) is 6.54 Å². The fourth-order valence-corrected chi connectivity index (χ4v) is 3.25. The molecule has 2 rings (SSSR count). The van der Waals surface area contributed by atoms with Crippen LogP contribution in [0.5, 0.6) is 0 Å². The van der Waals surface area contributed by atoms with Gasteiger partial charge in [0.2, 0.25) is 0 Å². The van der Waals surface area contributed by atoms with Crippen LogP contribution in [0.4, 0.5) is 0 Å². The summed E-state index contributed by atoms with van der Waals surface area (Å²) in [5.41, 5.74) is 3.72. The molecule has 0 aliphatic heterocycles. The fraction of sp³-hybridized carbons (Fsp3) is 0.381. The lowest BCUT2D eigenvalue weighted by molar-refractivity contribution is -0.885. The van der Waals surface area contributed by atoms with Crippen LogP contribution in [0.2, 0.25) is 0 Å². The molecule has 2 atom stereocenters. The Morgan fingerprint density at radius 2 is 1.68 bits per heavy atom. The first-order chi connectivity index (χ1) is 12.0. The number of hydrogen-bond acceptors (Lipinski definition) is 2. The summed E-state index contributed by atoms with van der Waals surface area (Å²) in [6.07, 6.45) is 3.11. The quantitative estimate of drug-likeness (QED) is 0.712. The van der Waals surface area contributed by atoms with Gasteiger partial charge in [-0.05, 0) is 42.9 Å². The average Bonchev–Trinajstić information content (AvgIpc) is 2.62. The third-order valence-corrected chi connectivity index (χ3v) is 5.14. The van der Waals surface area contributed by atoms with Gasteiger partial charge in [0.05, 0.1) is 13.1 Å². The number of amides is 1. The molecular weight excluding hydrogens is 328 g/mol. The van der Waals surface area contributed by atoms with E-state index >= 15 is 0 Å². The normalized spacial score (nSPS) is 13.3. The summed E-state index contributed by atoms with van der Waals surface area (Å²) in [6, 6.07) is 17.1. The lowest BCUT2D eigenvalue weighted by Gasteiger charge is -2.18. The van der Waals surface area contributed by atoms with Gasteiger partial charge in [-0.15, -0.1) is 11.8 Å². The minimum Gasteiger partial charge on any atom is -0.345 e. The third kappa shape index (κ3) is 6.22. The molecule has 2 N–H and O–H groups in total. The zero-order chi connectivity index (χ0) is 18.2. The van der Waals surface area contributed by atoms with Crippen LogP contribution in [0, 0.1) is 0 Å². The molecular formula is C21H29N2OS+. The van der Waals surface area contributed by atoms with Crippen molar-refractivity contribution < 1.29 is 9.69 Å². The Balaban J connectivity index is 1.83. The van der Waals surface area contributed by atoms with Crippen LogP contribution in [-0.4, -0.2) is 25.8 Å². The van der Waals surface area contributed by atoms with Crippen molar-refractivity contribution in [3.8, 4) is 0 Å². The highest BCUT2D eigenvalue weighted by atomic mass is 32.2. The Morgan fingerprint density at radius 3 is 2.24 bits per heavy atom.